The number of benzene rings is 1. The summed E-state index contributed by atoms with van der Waals surface area (Å²) >= 11 is 0. The van der Waals surface area contributed by atoms with Gasteiger partial charge in [0.05, 0.1) is 12.7 Å². The van der Waals surface area contributed by atoms with Gasteiger partial charge in [0.2, 0.25) is 5.95 Å². The summed E-state index contributed by atoms with van der Waals surface area (Å²) < 4.78 is 5.37. The van der Waals surface area contributed by atoms with Crippen LogP contribution in [-0.2, 0) is 0 Å². The van der Waals surface area contributed by atoms with Gasteiger partial charge in [-0.1, -0.05) is 12.1 Å². The Morgan fingerprint density at radius 2 is 2.10 bits per heavy atom. The van der Waals surface area contributed by atoms with Crippen LogP contribution in [0.4, 0.5) is 5.95 Å². The fourth-order valence-electron chi connectivity index (χ4n) is 2.72. The van der Waals surface area contributed by atoms with E-state index in [2.05, 4.69) is 20.1 Å². The first kappa shape index (κ1) is 13.9. The highest BCUT2D eigenvalue weighted by Gasteiger charge is 2.21. The lowest BCUT2D eigenvalue weighted by Crippen LogP contribution is -2.36. The number of ether oxygens (including phenoxy) is 1. The van der Waals surface area contributed by atoms with Crippen LogP contribution < -0.4 is 15.4 Å². The fraction of sp³-hybridized carbons (Fsp3) is 0.467. The molecule has 2 heterocycles. The van der Waals surface area contributed by atoms with Gasteiger partial charge < -0.3 is 15.4 Å². The minimum Gasteiger partial charge on any atom is -0.496 e. The van der Waals surface area contributed by atoms with E-state index in [1.54, 1.807) is 7.11 Å². The lowest BCUT2D eigenvalue weighted by atomic mass is 9.97. The predicted octanol–water partition coefficient (Wildman–Crippen LogP) is 1.66. The van der Waals surface area contributed by atoms with Crippen molar-refractivity contribution >= 4 is 5.95 Å². The lowest BCUT2D eigenvalue weighted by Gasteiger charge is -2.30. The van der Waals surface area contributed by atoms with Gasteiger partial charge in [-0.25, -0.2) is 0 Å². The van der Waals surface area contributed by atoms with E-state index in [1.807, 2.05) is 24.3 Å². The first-order valence-electron chi connectivity index (χ1n) is 7.32. The van der Waals surface area contributed by atoms with Gasteiger partial charge in [0.1, 0.15) is 5.75 Å². The molecule has 1 saturated heterocycles. The summed E-state index contributed by atoms with van der Waals surface area (Å²) in [4.78, 5) is 6.82. The number of hydrogen-bond acceptors (Lipinski definition) is 5. The molecule has 0 amide bonds. The highest BCUT2D eigenvalue weighted by Crippen LogP contribution is 2.28. The van der Waals surface area contributed by atoms with Gasteiger partial charge >= 0.3 is 0 Å². The van der Waals surface area contributed by atoms with Crippen LogP contribution in [0.5, 0.6) is 5.75 Å². The highest BCUT2D eigenvalue weighted by molar-refractivity contribution is 5.64. The van der Waals surface area contributed by atoms with Crippen LogP contribution >= 0.6 is 0 Å². The third-order valence-electron chi connectivity index (χ3n) is 4.07. The number of nitrogens with two attached hydrogens (primary N) is 1. The minimum absolute atomic E-state index is 0.633. The zero-order chi connectivity index (χ0) is 14.7. The molecule has 3 N–H and O–H groups in total. The Hall–Kier alpha value is -2.08. The molecule has 1 aliphatic heterocycles. The highest BCUT2D eigenvalue weighted by atomic mass is 16.5. The summed E-state index contributed by atoms with van der Waals surface area (Å²) in [6.45, 7) is 2.70. The van der Waals surface area contributed by atoms with E-state index in [0.717, 1.165) is 55.6 Å². The van der Waals surface area contributed by atoms with Crippen molar-refractivity contribution in [3.63, 3.8) is 0 Å². The number of methoxy groups -OCH3 is 1. The van der Waals surface area contributed by atoms with Crippen LogP contribution in [0.15, 0.2) is 24.3 Å². The molecular weight excluding hydrogens is 266 g/mol. The monoisotopic (exact) mass is 287 g/mol. The smallest absolute Gasteiger partial charge is 0.245 e. The summed E-state index contributed by atoms with van der Waals surface area (Å²) in [5.41, 5.74) is 6.66. The number of H-pyrrole nitrogens is 1. The number of nitrogens with one attached hydrogen (secondary N) is 1. The molecule has 1 aliphatic rings. The molecule has 21 heavy (non-hydrogen) atoms. The van der Waals surface area contributed by atoms with E-state index >= 15 is 0 Å². The summed E-state index contributed by atoms with van der Waals surface area (Å²) in [6, 6.07) is 7.80. The molecule has 6 heteroatoms. The summed E-state index contributed by atoms with van der Waals surface area (Å²) in [5.74, 6) is 2.92. The molecular formula is C15H21N5O. The Kier molecular flexibility index (Phi) is 4.06. The van der Waals surface area contributed by atoms with Crippen molar-refractivity contribution in [2.45, 2.75) is 12.8 Å². The van der Waals surface area contributed by atoms with E-state index in [4.69, 9.17) is 10.5 Å². The van der Waals surface area contributed by atoms with Crippen molar-refractivity contribution in [1.82, 2.24) is 15.2 Å². The molecule has 1 aromatic heterocycles. The van der Waals surface area contributed by atoms with Gasteiger partial charge in [-0.3, -0.25) is 5.10 Å². The second-order valence-electron chi connectivity index (χ2n) is 5.35. The molecule has 2 aromatic rings. The number of hydrogen-bond donors (Lipinski definition) is 2. The number of anilines is 1. The lowest BCUT2D eigenvalue weighted by molar-refractivity contribution is 0.411. The molecule has 0 saturated carbocycles. The topological polar surface area (TPSA) is 80.1 Å². The Labute approximate surface area is 124 Å². The third-order valence-corrected chi connectivity index (χ3v) is 4.07. The maximum atomic E-state index is 5.73. The third kappa shape index (κ3) is 2.85. The second-order valence-corrected chi connectivity index (χ2v) is 5.35. The Morgan fingerprint density at radius 3 is 2.81 bits per heavy atom. The molecule has 112 valence electrons. The molecule has 1 aromatic carbocycles. The van der Waals surface area contributed by atoms with E-state index in [9.17, 15) is 0 Å². The van der Waals surface area contributed by atoms with Crippen LogP contribution in [0.25, 0.3) is 11.4 Å². The van der Waals surface area contributed by atoms with Gasteiger partial charge in [0.25, 0.3) is 0 Å². The Balaban J connectivity index is 1.78. The van der Waals surface area contributed by atoms with Crippen LogP contribution in [0, 0.1) is 5.92 Å². The molecule has 0 bridgehead atoms. The Bertz CT molecular complexity index is 589. The van der Waals surface area contributed by atoms with Crippen LogP contribution in [0.1, 0.15) is 12.8 Å². The maximum Gasteiger partial charge on any atom is 0.245 e. The number of piperidine rings is 1. The predicted molar refractivity (Wildman–Crippen MR) is 82.4 cm³/mol. The molecule has 0 atom stereocenters. The van der Waals surface area contributed by atoms with Crippen molar-refractivity contribution < 1.29 is 4.74 Å². The molecule has 0 aliphatic carbocycles. The van der Waals surface area contributed by atoms with Gasteiger partial charge in [-0.15, -0.1) is 5.10 Å². The first-order valence-corrected chi connectivity index (χ1v) is 7.32. The van der Waals surface area contributed by atoms with Gasteiger partial charge in [-0.2, -0.15) is 4.98 Å². The fourth-order valence-corrected chi connectivity index (χ4v) is 2.72. The average molecular weight is 287 g/mol. The molecule has 0 radical (unpaired) electrons. The molecule has 0 unspecified atom stereocenters. The zero-order valence-electron chi connectivity index (χ0n) is 12.2. The van der Waals surface area contributed by atoms with Crippen molar-refractivity contribution in [3.8, 4) is 17.1 Å². The minimum atomic E-state index is 0.633. The summed E-state index contributed by atoms with van der Waals surface area (Å²) in [6.07, 6.45) is 2.21. The van der Waals surface area contributed by atoms with E-state index in [1.165, 1.54) is 0 Å². The van der Waals surface area contributed by atoms with Crippen molar-refractivity contribution in [2.75, 3.05) is 31.6 Å². The summed E-state index contributed by atoms with van der Waals surface area (Å²) in [7, 11) is 1.66. The number of rotatable bonds is 4. The number of aromatic amines is 1. The van der Waals surface area contributed by atoms with Gasteiger partial charge in [0.15, 0.2) is 5.82 Å². The molecule has 6 nitrogen and oxygen atoms in total. The summed E-state index contributed by atoms with van der Waals surface area (Å²) in [5, 5.41) is 7.36. The molecule has 0 spiro atoms. The zero-order valence-corrected chi connectivity index (χ0v) is 12.2. The normalized spacial score (nSPS) is 16.2. The van der Waals surface area contributed by atoms with Crippen molar-refractivity contribution in [2.24, 2.45) is 11.7 Å². The largest absolute Gasteiger partial charge is 0.496 e. The SMILES string of the molecule is COc1ccccc1-c1nc(N2CCC(CN)CC2)n[nH]1. The average Bonchev–Trinajstić information content (AvgIpc) is 3.04. The maximum absolute atomic E-state index is 5.73. The number of para-hydroxylation sites is 1. The number of aromatic nitrogens is 3. The standard InChI is InChI=1S/C15H21N5O/c1-21-13-5-3-2-4-12(13)14-17-15(19-18-14)20-8-6-11(10-16)7-9-20/h2-5,11H,6-10,16H2,1H3,(H,17,18,19). The van der Waals surface area contributed by atoms with E-state index in [0.29, 0.717) is 5.92 Å². The van der Waals surface area contributed by atoms with Crippen LogP contribution in [-0.4, -0.2) is 41.9 Å². The van der Waals surface area contributed by atoms with E-state index in [-0.39, 0.29) is 0 Å². The molecule has 1 fully saturated rings. The quantitative estimate of drug-likeness (QED) is 0.894. The van der Waals surface area contributed by atoms with E-state index < -0.39 is 0 Å². The number of nitrogens with zero attached hydrogens (tertiary/aromatic N) is 3. The van der Waals surface area contributed by atoms with Gasteiger partial charge in [-0.05, 0) is 37.4 Å². The van der Waals surface area contributed by atoms with Crippen molar-refractivity contribution in [3.05, 3.63) is 24.3 Å². The molecule has 3 rings (SSSR count). The van der Waals surface area contributed by atoms with Crippen LogP contribution in [0.2, 0.25) is 0 Å². The second kappa shape index (κ2) is 6.13. The van der Waals surface area contributed by atoms with Crippen LogP contribution in [0.3, 0.4) is 0 Å². The first-order chi connectivity index (χ1) is 10.3. The van der Waals surface area contributed by atoms with Gasteiger partial charge in [0, 0.05) is 13.1 Å². The van der Waals surface area contributed by atoms with Crippen molar-refractivity contribution in [1.29, 1.82) is 0 Å². The Morgan fingerprint density at radius 1 is 1.33 bits per heavy atom.